The standard InChI is InChI=1S/C19H20N2O4/c1-3-19(2)17(23)21(18(24)20-19)11-16(22)25-12-14-9-6-8-13-7-4-5-10-15(13)14/h4-10H,3,11-12H2,1-2H3,(H,20,24)/t19-/m0/s1. The zero-order valence-electron chi connectivity index (χ0n) is 14.2. The van der Waals surface area contributed by atoms with Gasteiger partial charge in [-0.25, -0.2) is 4.79 Å². The number of esters is 1. The Morgan fingerprint density at radius 3 is 2.60 bits per heavy atom. The van der Waals surface area contributed by atoms with E-state index >= 15 is 0 Å². The Balaban J connectivity index is 1.65. The molecule has 1 heterocycles. The van der Waals surface area contributed by atoms with Gasteiger partial charge < -0.3 is 10.1 Å². The summed E-state index contributed by atoms with van der Waals surface area (Å²) in [5.41, 5.74) is -0.0745. The third-order valence-electron chi connectivity index (χ3n) is 4.61. The van der Waals surface area contributed by atoms with Gasteiger partial charge in [0.1, 0.15) is 18.7 Å². The lowest BCUT2D eigenvalue weighted by molar-refractivity contribution is -0.148. The SMILES string of the molecule is CC[C@]1(C)NC(=O)N(CC(=O)OCc2cccc3ccccc23)C1=O. The topological polar surface area (TPSA) is 75.7 Å². The van der Waals surface area contributed by atoms with Gasteiger partial charge in [-0.15, -0.1) is 0 Å². The van der Waals surface area contributed by atoms with E-state index in [1.807, 2.05) is 42.5 Å². The summed E-state index contributed by atoms with van der Waals surface area (Å²) in [7, 11) is 0. The summed E-state index contributed by atoms with van der Waals surface area (Å²) in [6.45, 7) is 3.16. The first-order valence-electron chi connectivity index (χ1n) is 8.21. The van der Waals surface area contributed by atoms with Gasteiger partial charge in [-0.1, -0.05) is 49.4 Å². The van der Waals surface area contributed by atoms with Crippen LogP contribution >= 0.6 is 0 Å². The fourth-order valence-electron chi connectivity index (χ4n) is 2.88. The van der Waals surface area contributed by atoms with Gasteiger partial charge in [0.15, 0.2) is 0 Å². The van der Waals surface area contributed by atoms with Crippen molar-refractivity contribution in [1.82, 2.24) is 10.2 Å². The number of urea groups is 1. The van der Waals surface area contributed by atoms with Crippen LogP contribution in [-0.4, -0.2) is 34.9 Å². The zero-order valence-corrected chi connectivity index (χ0v) is 14.2. The van der Waals surface area contributed by atoms with E-state index in [4.69, 9.17) is 4.74 Å². The number of hydrogen-bond donors (Lipinski definition) is 1. The van der Waals surface area contributed by atoms with E-state index < -0.39 is 23.4 Å². The summed E-state index contributed by atoms with van der Waals surface area (Å²) in [5, 5.41) is 4.68. The van der Waals surface area contributed by atoms with Gasteiger partial charge in [-0.3, -0.25) is 14.5 Å². The first kappa shape index (κ1) is 17.0. The molecule has 0 spiro atoms. The minimum Gasteiger partial charge on any atom is -0.459 e. The molecule has 6 nitrogen and oxygen atoms in total. The fourth-order valence-corrected chi connectivity index (χ4v) is 2.88. The molecular weight excluding hydrogens is 320 g/mol. The molecule has 1 N–H and O–H groups in total. The molecule has 2 aromatic carbocycles. The number of rotatable bonds is 5. The number of ether oxygens (including phenoxy) is 1. The Morgan fingerprint density at radius 1 is 1.16 bits per heavy atom. The molecule has 0 aliphatic carbocycles. The van der Waals surface area contributed by atoms with Crippen molar-refractivity contribution in [3.8, 4) is 0 Å². The van der Waals surface area contributed by atoms with Crippen LogP contribution in [0.25, 0.3) is 10.8 Å². The number of imide groups is 1. The second kappa shape index (κ2) is 6.55. The molecule has 0 radical (unpaired) electrons. The molecule has 1 atom stereocenters. The lowest BCUT2D eigenvalue weighted by Crippen LogP contribution is -2.43. The molecule has 3 amide bonds. The molecule has 25 heavy (non-hydrogen) atoms. The number of nitrogens with zero attached hydrogens (tertiary/aromatic N) is 1. The zero-order chi connectivity index (χ0) is 18.0. The van der Waals surface area contributed by atoms with E-state index in [1.165, 1.54) is 0 Å². The van der Waals surface area contributed by atoms with E-state index in [1.54, 1.807) is 13.8 Å². The number of nitrogens with one attached hydrogen (secondary N) is 1. The van der Waals surface area contributed by atoms with Crippen LogP contribution in [0.15, 0.2) is 42.5 Å². The second-order valence-corrected chi connectivity index (χ2v) is 6.31. The first-order valence-corrected chi connectivity index (χ1v) is 8.21. The highest BCUT2D eigenvalue weighted by atomic mass is 16.5. The Morgan fingerprint density at radius 2 is 1.88 bits per heavy atom. The van der Waals surface area contributed by atoms with Gasteiger partial charge in [0, 0.05) is 0 Å². The van der Waals surface area contributed by atoms with Gasteiger partial charge in [-0.05, 0) is 29.7 Å². The molecule has 2 aromatic rings. The summed E-state index contributed by atoms with van der Waals surface area (Å²) in [4.78, 5) is 37.2. The maximum atomic E-state index is 12.3. The lowest BCUT2D eigenvalue weighted by Gasteiger charge is -2.18. The molecule has 1 fully saturated rings. The highest BCUT2D eigenvalue weighted by Gasteiger charge is 2.47. The second-order valence-electron chi connectivity index (χ2n) is 6.31. The fraction of sp³-hybridized carbons (Fsp3) is 0.316. The van der Waals surface area contributed by atoms with E-state index in [0.717, 1.165) is 21.2 Å². The predicted octanol–water partition coefficient (Wildman–Crippen LogP) is 2.60. The maximum Gasteiger partial charge on any atom is 0.326 e. The molecule has 3 rings (SSSR count). The Labute approximate surface area is 145 Å². The monoisotopic (exact) mass is 340 g/mol. The minimum absolute atomic E-state index is 0.0921. The van der Waals surface area contributed by atoms with Crippen molar-refractivity contribution in [3.63, 3.8) is 0 Å². The predicted molar refractivity (Wildman–Crippen MR) is 92.7 cm³/mol. The van der Waals surface area contributed by atoms with Crippen molar-refractivity contribution < 1.29 is 19.1 Å². The molecule has 0 bridgehead atoms. The molecule has 0 aromatic heterocycles. The van der Waals surface area contributed by atoms with Crippen LogP contribution in [0.4, 0.5) is 4.79 Å². The smallest absolute Gasteiger partial charge is 0.326 e. The number of carbonyl (C=O) groups is 3. The van der Waals surface area contributed by atoms with Crippen LogP contribution in [0.5, 0.6) is 0 Å². The van der Waals surface area contributed by atoms with Crippen molar-refractivity contribution in [2.24, 2.45) is 0 Å². The molecule has 1 aliphatic heterocycles. The summed E-state index contributed by atoms with van der Waals surface area (Å²) >= 11 is 0. The third kappa shape index (κ3) is 3.20. The Kier molecular flexibility index (Phi) is 4.44. The maximum absolute atomic E-state index is 12.3. The van der Waals surface area contributed by atoms with E-state index in [-0.39, 0.29) is 13.2 Å². The van der Waals surface area contributed by atoms with Crippen LogP contribution in [0.3, 0.4) is 0 Å². The summed E-state index contributed by atoms with van der Waals surface area (Å²) in [5.74, 6) is -1.01. The number of hydrogen-bond acceptors (Lipinski definition) is 4. The first-order chi connectivity index (χ1) is 11.9. The van der Waals surface area contributed by atoms with Crippen LogP contribution in [0, 0.1) is 0 Å². The highest BCUT2D eigenvalue weighted by Crippen LogP contribution is 2.21. The average molecular weight is 340 g/mol. The molecule has 0 unspecified atom stereocenters. The van der Waals surface area contributed by atoms with Crippen LogP contribution in [-0.2, 0) is 20.9 Å². The van der Waals surface area contributed by atoms with Crippen LogP contribution < -0.4 is 5.32 Å². The van der Waals surface area contributed by atoms with Gasteiger partial charge in [0.25, 0.3) is 5.91 Å². The van der Waals surface area contributed by atoms with Gasteiger partial charge in [0.05, 0.1) is 0 Å². The quantitative estimate of drug-likeness (QED) is 0.670. The van der Waals surface area contributed by atoms with E-state index in [2.05, 4.69) is 5.32 Å². The normalized spacial score (nSPS) is 20.0. The van der Waals surface area contributed by atoms with Crippen molar-refractivity contribution in [3.05, 3.63) is 48.0 Å². The van der Waals surface area contributed by atoms with E-state index in [9.17, 15) is 14.4 Å². The molecule has 0 saturated carbocycles. The summed E-state index contributed by atoms with van der Waals surface area (Å²) in [6.07, 6.45) is 0.457. The van der Waals surface area contributed by atoms with Gasteiger partial charge in [0.2, 0.25) is 0 Å². The molecule has 1 saturated heterocycles. The number of carbonyl (C=O) groups excluding carboxylic acids is 3. The minimum atomic E-state index is -0.951. The van der Waals surface area contributed by atoms with Crippen LogP contribution in [0.1, 0.15) is 25.8 Å². The number of benzene rings is 2. The largest absolute Gasteiger partial charge is 0.459 e. The Hall–Kier alpha value is -2.89. The molecule has 130 valence electrons. The highest BCUT2D eigenvalue weighted by molar-refractivity contribution is 6.08. The van der Waals surface area contributed by atoms with Crippen molar-refractivity contribution in [2.75, 3.05) is 6.54 Å². The van der Waals surface area contributed by atoms with Crippen molar-refractivity contribution in [1.29, 1.82) is 0 Å². The average Bonchev–Trinajstić information content (AvgIpc) is 2.83. The molecular formula is C19H20N2O4. The molecule has 1 aliphatic rings. The third-order valence-corrected chi connectivity index (χ3v) is 4.61. The number of fused-ring (bicyclic) bond motifs is 1. The number of amides is 3. The van der Waals surface area contributed by atoms with E-state index in [0.29, 0.717) is 6.42 Å². The van der Waals surface area contributed by atoms with Crippen molar-refractivity contribution in [2.45, 2.75) is 32.4 Å². The van der Waals surface area contributed by atoms with Crippen molar-refractivity contribution >= 4 is 28.7 Å². The summed E-state index contributed by atoms with van der Waals surface area (Å²) in [6, 6.07) is 13.0. The van der Waals surface area contributed by atoms with Crippen LogP contribution in [0.2, 0.25) is 0 Å². The Bertz CT molecular complexity index is 843. The van der Waals surface area contributed by atoms with Gasteiger partial charge >= 0.3 is 12.0 Å². The summed E-state index contributed by atoms with van der Waals surface area (Å²) < 4.78 is 5.28. The van der Waals surface area contributed by atoms with Gasteiger partial charge in [-0.2, -0.15) is 0 Å². The lowest BCUT2D eigenvalue weighted by atomic mass is 9.99. The molecule has 6 heteroatoms.